The first-order valence-electron chi connectivity index (χ1n) is 22.3. The number of hydrogen-bond acceptors (Lipinski definition) is 4. The third-order valence-electron chi connectivity index (χ3n) is 12.0. The molecule has 67 heavy (non-hydrogen) atoms. The maximum atomic E-state index is 10.7. The summed E-state index contributed by atoms with van der Waals surface area (Å²) in [5.41, 5.74) is 19.0. The molecule has 0 bridgehead atoms. The van der Waals surface area contributed by atoms with Crippen LogP contribution >= 0.6 is 0 Å². The summed E-state index contributed by atoms with van der Waals surface area (Å²) < 4.78 is 0. The van der Waals surface area contributed by atoms with Crippen LogP contribution in [0.3, 0.4) is 0 Å². The summed E-state index contributed by atoms with van der Waals surface area (Å²) in [6.45, 7) is 0. The van der Waals surface area contributed by atoms with Gasteiger partial charge >= 0.3 is 20.1 Å². The van der Waals surface area contributed by atoms with Crippen molar-refractivity contribution in [2.24, 2.45) is 0 Å². The summed E-state index contributed by atoms with van der Waals surface area (Å²) in [6, 6.07) is 78.9. The van der Waals surface area contributed by atoms with Gasteiger partial charge in [-0.15, -0.1) is 108 Å². The van der Waals surface area contributed by atoms with Crippen LogP contribution in [-0.4, -0.2) is 15.0 Å². The van der Waals surface area contributed by atoms with Gasteiger partial charge in [-0.1, -0.05) is 115 Å². The maximum absolute atomic E-state index is 10.7. The summed E-state index contributed by atoms with van der Waals surface area (Å²) in [5.74, 6) is 0. The molecule has 320 valence electrons. The number of hydrogen-bond donors (Lipinski definition) is 0. The molecule has 4 nitrogen and oxygen atoms in total. The number of rotatable bonds is 13. The van der Waals surface area contributed by atoms with Crippen molar-refractivity contribution in [3.05, 3.63) is 259 Å². The van der Waals surface area contributed by atoms with E-state index < -0.39 is 0 Å². The van der Waals surface area contributed by atoms with E-state index in [4.69, 9.17) is 15.0 Å². The van der Waals surface area contributed by atoms with E-state index in [1.807, 2.05) is 116 Å². The molecule has 0 amide bonds. The number of pyridine rings is 3. The second kappa shape index (κ2) is 21.0. The number of aryl methyl sites for hydroxylation is 4. The van der Waals surface area contributed by atoms with Crippen LogP contribution in [0.15, 0.2) is 213 Å². The van der Waals surface area contributed by atoms with Gasteiger partial charge < -0.3 is 15.0 Å². The van der Waals surface area contributed by atoms with Crippen molar-refractivity contribution in [3.63, 3.8) is 0 Å². The summed E-state index contributed by atoms with van der Waals surface area (Å²) in [5, 5.41) is 10.7. The third-order valence-corrected chi connectivity index (χ3v) is 12.0. The smallest absolute Gasteiger partial charge is 0.304 e. The van der Waals surface area contributed by atoms with Crippen molar-refractivity contribution in [1.82, 2.24) is 15.0 Å². The topological polar surface area (TPSA) is 62.5 Å². The molecule has 7 aromatic carbocycles. The molecular formula is C62H43IrN4. The van der Waals surface area contributed by atoms with E-state index in [2.05, 4.69) is 121 Å². The Morgan fingerprint density at radius 3 is 1.42 bits per heavy atom. The van der Waals surface area contributed by atoms with Crippen LogP contribution in [0.2, 0.25) is 0 Å². The zero-order valence-corrected chi connectivity index (χ0v) is 39.1. The molecule has 0 aliphatic heterocycles. The molecule has 0 aliphatic rings. The van der Waals surface area contributed by atoms with E-state index in [1.54, 1.807) is 0 Å². The van der Waals surface area contributed by atoms with Gasteiger partial charge in [-0.2, -0.15) is 5.26 Å². The standard InChI is InChI=1S/C62H43N4.Ir/c63-40-54-38-52(48-15-5-1-6-16-48)31-32-56(54)58-39-62(51-21-11-4-12-22-51)66-43-59(58)57-24-14-13-23-55(57)53-36-46(27-25-44-29-33-60(64-41-44)49-17-7-2-8-18-49)35-47(37-53)28-26-45-30-34-61(65-42-45)50-19-9-3-10-20-50;/h1-17,19,21,23-24,29-39,41-43H,25-28H2;/q-3;+3. The molecule has 0 radical (unpaired) electrons. The van der Waals surface area contributed by atoms with E-state index in [1.165, 1.54) is 22.3 Å². The number of nitriles is 1. The first kappa shape index (κ1) is 44.3. The minimum Gasteiger partial charge on any atom is -0.304 e. The average molecular weight is 1040 g/mol. The number of aromatic nitrogens is 3. The summed E-state index contributed by atoms with van der Waals surface area (Å²) in [4.78, 5) is 14.7. The predicted octanol–water partition coefficient (Wildman–Crippen LogP) is 14.4. The molecule has 0 spiro atoms. The van der Waals surface area contributed by atoms with Crippen molar-refractivity contribution in [3.8, 4) is 84.3 Å². The van der Waals surface area contributed by atoms with Crippen LogP contribution in [0.1, 0.15) is 27.8 Å². The van der Waals surface area contributed by atoms with Crippen molar-refractivity contribution in [2.45, 2.75) is 25.7 Å². The fourth-order valence-corrected chi connectivity index (χ4v) is 8.60. The van der Waals surface area contributed by atoms with Gasteiger partial charge in [0.05, 0.1) is 11.6 Å². The van der Waals surface area contributed by atoms with Gasteiger partial charge in [0.15, 0.2) is 0 Å². The summed E-state index contributed by atoms with van der Waals surface area (Å²) in [6.07, 6.45) is 9.34. The Morgan fingerprint density at radius 2 is 0.881 bits per heavy atom. The Kier molecular flexibility index (Phi) is 13.9. The van der Waals surface area contributed by atoms with Gasteiger partial charge in [0, 0.05) is 24.2 Å². The van der Waals surface area contributed by atoms with E-state index in [-0.39, 0.29) is 20.1 Å². The molecule has 0 unspecified atom stereocenters. The Balaban J connectivity index is 0.00000562. The fourth-order valence-electron chi connectivity index (χ4n) is 8.60. The van der Waals surface area contributed by atoms with Gasteiger partial charge in [-0.05, 0) is 110 Å². The molecule has 3 heterocycles. The Labute approximate surface area is 406 Å². The summed E-state index contributed by atoms with van der Waals surface area (Å²) in [7, 11) is 0. The predicted molar refractivity (Wildman–Crippen MR) is 267 cm³/mol. The molecular weight excluding hydrogens is 993 g/mol. The minimum absolute atomic E-state index is 0. The molecule has 5 heteroatoms. The van der Waals surface area contributed by atoms with E-state index in [9.17, 15) is 5.26 Å². The SMILES string of the molecule is N#Cc1cc(-c2ccccc2)ccc1-c1cc(-c2[c-]cccc2)ncc1-c1ccccc1-c1cc(CCc2ccc(-c3[c-]cccc3)nc2)cc(CCc2ccc(-c3[c-]cccc3)nc2)c1.[Ir+3]. The van der Waals surface area contributed by atoms with Crippen LogP contribution in [0.5, 0.6) is 0 Å². The fraction of sp³-hybridized carbons (Fsp3) is 0.0645. The van der Waals surface area contributed by atoms with E-state index in [0.29, 0.717) is 5.56 Å². The Morgan fingerprint density at radius 1 is 0.358 bits per heavy atom. The molecule has 0 N–H and O–H groups in total. The van der Waals surface area contributed by atoms with Gasteiger partial charge in [0.1, 0.15) is 0 Å². The monoisotopic (exact) mass is 1040 g/mol. The first-order valence-corrected chi connectivity index (χ1v) is 22.3. The van der Waals surface area contributed by atoms with Crippen molar-refractivity contribution in [1.29, 1.82) is 5.26 Å². The van der Waals surface area contributed by atoms with Crippen LogP contribution < -0.4 is 0 Å². The zero-order chi connectivity index (χ0) is 44.5. The summed E-state index contributed by atoms with van der Waals surface area (Å²) >= 11 is 0. The normalized spacial score (nSPS) is 10.8. The minimum atomic E-state index is 0. The zero-order valence-electron chi connectivity index (χ0n) is 36.7. The largest absolute Gasteiger partial charge is 3.00 e. The molecule has 0 saturated heterocycles. The van der Waals surface area contributed by atoms with Crippen LogP contribution in [-0.2, 0) is 45.8 Å². The molecule has 0 fully saturated rings. The van der Waals surface area contributed by atoms with E-state index in [0.717, 1.165) is 104 Å². The number of benzene rings is 7. The quantitative estimate of drug-likeness (QED) is 0.108. The van der Waals surface area contributed by atoms with Crippen molar-refractivity contribution in [2.75, 3.05) is 0 Å². The molecule has 0 atom stereocenters. The first-order chi connectivity index (χ1) is 32.6. The molecule has 10 rings (SSSR count). The van der Waals surface area contributed by atoms with Gasteiger partial charge in [0.2, 0.25) is 0 Å². The van der Waals surface area contributed by atoms with Gasteiger partial charge in [-0.25, -0.2) is 0 Å². The molecule has 10 aromatic rings. The van der Waals surface area contributed by atoms with Crippen LogP contribution in [0.25, 0.3) is 78.3 Å². The second-order valence-corrected chi connectivity index (χ2v) is 16.4. The molecule has 0 aliphatic carbocycles. The third kappa shape index (κ3) is 10.3. The van der Waals surface area contributed by atoms with Gasteiger partial charge in [0.25, 0.3) is 0 Å². The second-order valence-electron chi connectivity index (χ2n) is 16.4. The Bertz CT molecular complexity index is 3170. The maximum Gasteiger partial charge on any atom is 3.00 e. The molecule has 3 aromatic heterocycles. The van der Waals surface area contributed by atoms with Crippen molar-refractivity contribution < 1.29 is 20.1 Å². The molecule has 0 saturated carbocycles. The number of nitrogens with zero attached hydrogens (tertiary/aromatic N) is 4. The van der Waals surface area contributed by atoms with Gasteiger partial charge in [-0.3, -0.25) is 0 Å². The van der Waals surface area contributed by atoms with E-state index >= 15 is 0 Å². The average Bonchev–Trinajstić information content (AvgIpc) is 3.40. The Hall–Kier alpha value is -7.87. The van der Waals surface area contributed by atoms with Crippen LogP contribution in [0, 0.1) is 29.5 Å². The van der Waals surface area contributed by atoms with Crippen LogP contribution in [0.4, 0.5) is 0 Å². The van der Waals surface area contributed by atoms with Crippen molar-refractivity contribution >= 4 is 0 Å².